The van der Waals surface area contributed by atoms with Gasteiger partial charge in [0.15, 0.2) is 5.76 Å². The maximum Gasteiger partial charge on any atom is 0.286 e. The number of furan rings is 1. The predicted octanol–water partition coefficient (Wildman–Crippen LogP) is 3.25. The molecule has 0 saturated carbocycles. The molecule has 2 N–H and O–H groups in total. The third kappa shape index (κ3) is 4.58. The molecule has 0 radical (unpaired) electrons. The topological polar surface area (TPSA) is 98.4 Å². The minimum Gasteiger partial charge on any atom is -0.495 e. The smallest absolute Gasteiger partial charge is 0.286 e. The van der Waals surface area contributed by atoms with E-state index in [0.717, 1.165) is 11.0 Å². The summed E-state index contributed by atoms with van der Waals surface area (Å²) in [6.45, 7) is 0.441. The van der Waals surface area contributed by atoms with Gasteiger partial charge in [-0.05, 0) is 36.4 Å². The monoisotopic (exact) mass is 418 g/mol. The summed E-state index contributed by atoms with van der Waals surface area (Å²) in [6, 6.07) is 18.1. The number of hydrogen-bond donors (Lipinski definition) is 2. The Hall–Kier alpha value is -4.07. The Kier molecular flexibility index (Phi) is 5.98. The fourth-order valence-electron chi connectivity index (χ4n) is 3.36. The molecule has 2 heterocycles. The number of nitrogens with one attached hydrogen (secondary N) is 2. The Bertz CT molecular complexity index is 1200. The summed E-state index contributed by atoms with van der Waals surface area (Å²) in [6.07, 6.45) is 1.91. The fourth-order valence-corrected chi connectivity index (χ4v) is 3.36. The van der Waals surface area contributed by atoms with E-state index < -0.39 is 0 Å². The molecule has 2 aromatic heterocycles. The standard InChI is InChI=1S/C23H22N4O4/c1-30-19-10-5-3-8-17(19)26-22(28)15-27-18-9-4-2-7-16(18)25-21(27)12-13-24-23(29)20-11-6-14-31-20/h2-11,14H,12-13,15H2,1H3,(H,24,29)(H,26,28). The molecule has 0 unspecified atom stereocenters. The highest BCUT2D eigenvalue weighted by Crippen LogP contribution is 2.23. The molecule has 4 rings (SSSR count). The van der Waals surface area contributed by atoms with Gasteiger partial charge >= 0.3 is 0 Å². The zero-order chi connectivity index (χ0) is 21.6. The summed E-state index contributed by atoms with van der Waals surface area (Å²) >= 11 is 0. The van der Waals surface area contributed by atoms with Gasteiger partial charge in [0.05, 0.1) is 30.1 Å². The van der Waals surface area contributed by atoms with Crippen molar-refractivity contribution in [3.63, 3.8) is 0 Å². The van der Waals surface area contributed by atoms with Crippen LogP contribution in [-0.2, 0) is 17.8 Å². The molecule has 0 atom stereocenters. The molecule has 0 aliphatic rings. The molecular weight excluding hydrogens is 396 g/mol. The first kappa shape index (κ1) is 20.2. The molecular formula is C23H22N4O4. The third-order valence-electron chi connectivity index (χ3n) is 4.80. The summed E-state index contributed by atoms with van der Waals surface area (Å²) in [5.41, 5.74) is 2.25. The van der Waals surface area contributed by atoms with E-state index in [1.807, 2.05) is 41.0 Å². The van der Waals surface area contributed by atoms with Crippen molar-refractivity contribution in [2.24, 2.45) is 0 Å². The molecule has 31 heavy (non-hydrogen) atoms. The van der Waals surface area contributed by atoms with E-state index in [0.29, 0.717) is 30.2 Å². The van der Waals surface area contributed by atoms with E-state index in [9.17, 15) is 9.59 Å². The first-order chi connectivity index (χ1) is 15.2. The van der Waals surface area contributed by atoms with E-state index in [2.05, 4.69) is 15.6 Å². The number of benzene rings is 2. The molecule has 158 valence electrons. The van der Waals surface area contributed by atoms with Crippen LogP contribution in [0.3, 0.4) is 0 Å². The Morgan fingerprint density at radius 3 is 2.68 bits per heavy atom. The first-order valence-corrected chi connectivity index (χ1v) is 9.84. The number of carbonyl (C=O) groups excluding carboxylic acids is 2. The number of methoxy groups -OCH3 is 1. The van der Waals surface area contributed by atoms with E-state index >= 15 is 0 Å². The van der Waals surface area contributed by atoms with Gasteiger partial charge in [0.25, 0.3) is 5.91 Å². The van der Waals surface area contributed by atoms with Crippen molar-refractivity contribution in [2.45, 2.75) is 13.0 Å². The summed E-state index contributed by atoms with van der Waals surface area (Å²) in [4.78, 5) is 29.5. The second-order valence-corrected chi connectivity index (χ2v) is 6.83. The van der Waals surface area contributed by atoms with E-state index in [4.69, 9.17) is 9.15 Å². The molecule has 2 amide bonds. The van der Waals surface area contributed by atoms with Crippen molar-refractivity contribution in [3.8, 4) is 5.75 Å². The van der Waals surface area contributed by atoms with Crippen LogP contribution in [0, 0.1) is 0 Å². The zero-order valence-electron chi connectivity index (χ0n) is 17.0. The van der Waals surface area contributed by atoms with Gasteiger partial charge in [-0.1, -0.05) is 24.3 Å². The highest BCUT2D eigenvalue weighted by molar-refractivity contribution is 5.93. The Balaban J connectivity index is 1.49. The van der Waals surface area contributed by atoms with Crippen molar-refractivity contribution in [2.75, 3.05) is 19.0 Å². The zero-order valence-corrected chi connectivity index (χ0v) is 17.0. The Labute approximate surface area is 178 Å². The number of rotatable bonds is 8. The van der Waals surface area contributed by atoms with Gasteiger partial charge < -0.3 is 24.4 Å². The number of aromatic nitrogens is 2. The maximum absolute atomic E-state index is 12.8. The lowest BCUT2D eigenvalue weighted by molar-refractivity contribution is -0.116. The highest BCUT2D eigenvalue weighted by Gasteiger charge is 2.15. The quantitative estimate of drug-likeness (QED) is 0.458. The SMILES string of the molecule is COc1ccccc1NC(=O)Cn1c(CCNC(=O)c2ccco2)nc2ccccc21. The van der Waals surface area contributed by atoms with Crippen molar-refractivity contribution >= 4 is 28.5 Å². The van der Waals surface area contributed by atoms with Crippen LogP contribution in [0.1, 0.15) is 16.4 Å². The van der Waals surface area contributed by atoms with E-state index in [-0.39, 0.29) is 24.1 Å². The number of para-hydroxylation sites is 4. The van der Waals surface area contributed by atoms with Crippen LogP contribution in [0.2, 0.25) is 0 Å². The van der Waals surface area contributed by atoms with E-state index in [1.54, 1.807) is 31.4 Å². The molecule has 0 bridgehead atoms. The molecule has 0 saturated heterocycles. The van der Waals surface area contributed by atoms with Crippen LogP contribution in [0.25, 0.3) is 11.0 Å². The lowest BCUT2D eigenvalue weighted by atomic mass is 10.3. The van der Waals surface area contributed by atoms with Crippen LogP contribution in [0.4, 0.5) is 5.69 Å². The van der Waals surface area contributed by atoms with Crippen molar-refractivity contribution in [3.05, 3.63) is 78.5 Å². The molecule has 0 aliphatic carbocycles. The fraction of sp³-hybridized carbons (Fsp3) is 0.174. The average molecular weight is 418 g/mol. The number of imidazole rings is 1. The summed E-state index contributed by atoms with van der Waals surface area (Å²) < 4.78 is 12.3. The third-order valence-corrected chi connectivity index (χ3v) is 4.80. The highest BCUT2D eigenvalue weighted by atomic mass is 16.5. The van der Waals surface area contributed by atoms with Crippen molar-refractivity contribution < 1.29 is 18.7 Å². The molecule has 0 spiro atoms. The molecule has 8 heteroatoms. The predicted molar refractivity (Wildman–Crippen MR) is 116 cm³/mol. The lowest BCUT2D eigenvalue weighted by Gasteiger charge is -2.12. The van der Waals surface area contributed by atoms with Crippen LogP contribution in [0.15, 0.2) is 71.3 Å². The average Bonchev–Trinajstić information content (AvgIpc) is 3.43. The molecule has 0 aliphatic heterocycles. The van der Waals surface area contributed by atoms with Gasteiger partial charge in [-0.3, -0.25) is 9.59 Å². The second-order valence-electron chi connectivity index (χ2n) is 6.83. The molecule has 4 aromatic rings. The van der Waals surface area contributed by atoms with Crippen molar-refractivity contribution in [1.82, 2.24) is 14.9 Å². The molecule has 2 aromatic carbocycles. The molecule has 8 nitrogen and oxygen atoms in total. The summed E-state index contributed by atoms with van der Waals surface area (Å²) in [5, 5.41) is 5.70. The van der Waals surface area contributed by atoms with Gasteiger partial charge in [-0.2, -0.15) is 0 Å². The summed E-state index contributed by atoms with van der Waals surface area (Å²) in [7, 11) is 1.56. The van der Waals surface area contributed by atoms with Crippen LogP contribution >= 0.6 is 0 Å². The minimum atomic E-state index is -0.290. The van der Waals surface area contributed by atoms with Crippen molar-refractivity contribution in [1.29, 1.82) is 0 Å². The van der Waals surface area contributed by atoms with Gasteiger partial charge in [0, 0.05) is 13.0 Å². The Morgan fingerprint density at radius 1 is 1.06 bits per heavy atom. The van der Waals surface area contributed by atoms with Gasteiger partial charge in [-0.25, -0.2) is 4.98 Å². The largest absolute Gasteiger partial charge is 0.495 e. The lowest BCUT2D eigenvalue weighted by Crippen LogP contribution is -2.27. The number of nitrogens with zero attached hydrogens (tertiary/aromatic N) is 2. The van der Waals surface area contributed by atoms with Gasteiger partial charge in [0.2, 0.25) is 5.91 Å². The first-order valence-electron chi connectivity index (χ1n) is 9.84. The van der Waals surface area contributed by atoms with Crippen LogP contribution < -0.4 is 15.4 Å². The normalized spacial score (nSPS) is 10.7. The van der Waals surface area contributed by atoms with Crippen LogP contribution in [-0.4, -0.2) is 35.0 Å². The number of anilines is 1. The number of fused-ring (bicyclic) bond motifs is 1. The molecule has 0 fully saturated rings. The Morgan fingerprint density at radius 2 is 1.87 bits per heavy atom. The van der Waals surface area contributed by atoms with E-state index in [1.165, 1.54) is 6.26 Å². The number of ether oxygens (including phenoxy) is 1. The minimum absolute atomic E-state index is 0.0834. The van der Waals surface area contributed by atoms with Gasteiger partial charge in [0.1, 0.15) is 18.1 Å². The number of hydrogen-bond acceptors (Lipinski definition) is 5. The summed E-state index contributed by atoms with van der Waals surface area (Å²) in [5.74, 6) is 1.06. The number of amides is 2. The maximum atomic E-state index is 12.8. The van der Waals surface area contributed by atoms with Crippen LogP contribution in [0.5, 0.6) is 5.75 Å². The second kappa shape index (κ2) is 9.17. The van der Waals surface area contributed by atoms with Gasteiger partial charge in [-0.15, -0.1) is 0 Å². The number of carbonyl (C=O) groups is 2.